The van der Waals surface area contributed by atoms with Crippen molar-refractivity contribution in [1.82, 2.24) is 14.5 Å². The summed E-state index contributed by atoms with van der Waals surface area (Å²) in [7, 11) is -3.73. The van der Waals surface area contributed by atoms with E-state index in [1.165, 1.54) is 23.4 Å². The van der Waals surface area contributed by atoms with Gasteiger partial charge in [-0.1, -0.05) is 24.3 Å². The number of benzene rings is 2. The van der Waals surface area contributed by atoms with Crippen molar-refractivity contribution in [3.63, 3.8) is 0 Å². The number of rotatable bonds is 8. The van der Waals surface area contributed by atoms with E-state index in [1.807, 2.05) is 36.9 Å². The largest absolute Gasteiger partial charge is 0.346 e. The second-order valence-corrected chi connectivity index (χ2v) is 10.3. The molecule has 0 saturated carbocycles. The Bertz CT molecular complexity index is 1190. The molecule has 1 aliphatic heterocycles. The number of aryl methyl sites for hydroxylation is 1. The normalized spacial score (nSPS) is 15.0. The number of sulfonamides is 1. The number of nitrogens with zero attached hydrogens (tertiary/aromatic N) is 2. The lowest BCUT2D eigenvalue weighted by atomic mass is 10.1. The third kappa shape index (κ3) is 6.28. The molecule has 1 fully saturated rings. The van der Waals surface area contributed by atoms with Crippen molar-refractivity contribution in [2.75, 3.05) is 44.6 Å². The zero-order valence-corrected chi connectivity index (χ0v) is 20.4. The van der Waals surface area contributed by atoms with Crippen molar-refractivity contribution in [2.45, 2.75) is 25.7 Å². The van der Waals surface area contributed by atoms with E-state index in [9.17, 15) is 22.8 Å². The zero-order chi connectivity index (χ0) is 24.9. The fourth-order valence-electron chi connectivity index (χ4n) is 3.67. The molecule has 2 amide bonds. The highest BCUT2D eigenvalue weighted by molar-refractivity contribution is 7.89. The molecule has 1 saturated heterocycles. The SMILES string of the molecule is CC(=O)c1cccc(S(=O)(=O)N2CCN(CC(=O)NCC(=O)Nc3cccc(C)c3C)CC2)c1. The van der Waals surface area contributed by atoms with Gasteiger partial charge in [0.2, 0.25) is 21.8 Å². The van der Waals surface area contributed by atoms with Gasteiger partial charge in [0.05, 0.1) is 18.0 Å². The molecule has 2 aromatic carbocycles. The first-order chi connectivity index (χ1) is 16.1. The second-order valence-electron chi connectivity index (χ2n) is 8.34. The van der Waals surface area contributed by atoms with Gasteiger partial charge in [0.25, 0.3) is 0 Å². The average molecular weight is 487 g/mol. The highest BCUT2D eigenvalue weighted by Crippen LogP contribution is 2.19. The first kappa shape index (κ1) is 25.5. The van der Waals surface area contributed by atoms with Gasteiger partial charge < -0.3 is 10.6 Å². The van der Waals surface area contributed by atoms with Gasteiger partial charge in [-0.3, -0.25) is 19.3 Å². The Kier molecular flexibility index (Phi) is 8.19. The molecule has 1 heterocycles. The molecule has 0 spiro atoms. The molecule has 182 valence electrons. The van der Waals surface area contributed by atoms with Crippen molar-refractivity contribution in [3.05, 3.63) is 59.2 Å². The van der Waals surface area contributed by atoms with Crippen LogP contribution in [0.15, 0.2) is 47.4 Å². The van der Waals surface area contributed by atoms with E-state index in [2.05, 4.69) is 10.6 Å². The zero-order valence-electron chi connectivity index (χ0n) is 19.6. The summed E-state index contributed by atoms with van der Waals surface area (Å²) in [5.41, 5.74) is 3.10. The van der Waals surface area contributed by atoms with Gasteiger partial charge >= 0.3 is 0 Å². The molecule has 9 nitrogen and oxygen atoms in total. The van der Waals surface area contributed by atoms with Gasteiger partial charge in [-0.2, -0.15) is 4.31 Å². The Hall–Kier alpha value is -3.08. The van der Waals surface area contributed by atoms with E-state index >= 15 is 0 Å². The Labute approximate surface area is 200 Å². The lowest BCUT2D eigenvalue weighted by Gasteiger charge is -2.33. The second kappa shape index (κ2) is 10.9. The molecule has 0 bridgehead atoms. The van der Waals surface area contributed by atoms with E-state index in [-0.39, 0.29) is 48.7 Å². The molecule has 3 rings (SSSR count). The van der Waals surface area contributed by atoms with Gasteiger partial charge in [-0.05, 0) is 50.1 Å². The van der Waals surface area contributed by atoms with Crippen LogP contribution >= 0.6 is 0 Å². The number of Topliss-reactive ketones (excluding diaryl/α,β-unsaturated/α-hetero) is 1. The number of amides is 2. The fraction of sp³-hybridized carbons (Fsp3) is 0.375. The number of carbonyl (C=O) groups excluding carboxylic acids is 3. The molecule has 0 atom stereocenters. The van der Waals surface area contributed by atoms with E-state index in [1.54, 1.807) is 12.1 Å². The topological polar surface area (TPSA) is 116 Å². The van der Waals surface area contributed by atoms with Crippen molar-refractivity contribution < 1.29 is 22.8 Å². The summed E-state index contributed by atoms with van der Waals surface area (Å²) in [6.45, 7) is 6.42. The first-order valence-electron chi connectivity index (χ1n) is 11.0. The molecule has 2 aromatic rings. The highest BCUT2D eigenvalue weighted by atomic mass is 32.2. The molecular formula is C24H30N4O5S. The minimum Gasteiger partial charge on any atom is -0.346 e. The predicted octanol–water partition coefficient (Wildman–Crippen LogP) is 1.57. The summed E-state index contributed by atoms with van der Waals surface area (Å²) >= 11 is 0. The molecule has 0 radical (unpaired) electrons. The van der Waals surface area contributed by atoms with Crippen LogP contribution in [0.1, 0.15) is 28.4 Å². The molecular weight excluding hydrogens is 456 g/mol. The Balaban J connectivity index is 1.47. The lowest BCUT2D eigenvalue weighted by Crippen LogP contribution is -2.51. The van der Waals surface area contributed by atoms with E-state index in [0.717, 1.165) is 11.1 Å². The van der Waals surface area contributed by atoms with Crippen LogP contribution in [-0.2, 0) is 19.6 Å². The maximum Gasteiger partial charge on any atom is 0.243 e. The number of anilines is 1. The van der Waals surface area contributed by atoms with Crippen LogP contribution in [0.25, 0.3) is 0 Å². The highest BCUT2D eigenvalue weighted by Gasteiger charge is 2.29. The standard InChI is InChI=1S/C24H30N4O5S/c1-17-6-4-9-22(18(17)2)26-23(30)15-25-24(31)16-27-10-12-28(13-11-27)34(32,33)21-8-5-7-20(14-21)19(3)29/h4-9,14H,10-13,15-16H2,1-3H3,(H,25,31)(H,26,30). The third-order valence-electron chi connectivity index (χ3n) is 5.90. The van der Waals surface area contributed by atoms with E-state index < -0.39 is 10.0 Å². The van der Waals surface area contributed by atoms with Crippen LogP contribution in [0.2, 0.25) is 0 Å². The molecule has 0 unspecified atom stereocenters. The summed E-state index contributed by atoms with van der Waals surface area (Å²) in [4.78, 5) is 38.0. The average Bonchev–Trinajstić information content (AvgIpc) is 2.81. The van der Waals surface area contributed by atoms with Crippen LogP contribution in [-0.4, -0.2) is 74.5 Å². The van der Waals surface area contributed by atoms with Gasteiger partial charge in [0.15, 0.2) is 5.78 Å². The number of ketones is 1. The number of carbonyl (C=O) groups is 3. The van der Waals surface area contributed by atoms with Gasteiger partial charge in [-0.25, -0.2) is 8.42 Å². The van der Waals surface area contributed by atoms with Crippen molar-refractivity contribution in [2.24, 2.45) is 0 Å². The summed E-state index contributed by atoms with van der Waals surface area (Å²) in [6.07, 6.45) is 0. The van der Waals surface area contributed by atoms with Gasteiger partial charge in [-0.15, -0.1) is 0 Å². The van der Waals surface area contributed by atoms with Crippen LogP contribution in [0, 0.1) is 13.8 Å². The molecule has 0 aromatic heterocycles. The monoisotopic (exact) mass is 486 g/mol. The maximum atomic E-state index is 12.9. The Morgan fingerprint density at radius 2 is 1.62 bits per heavy atom. The molecule has 10 heteroatoms. The number of hydrogen-bond acceptors (Lipinski definition) is 6. The molecule has 34 heavy (non-hydrogen) atoms. The summed E-state index contributed by atoms with van der Waals surface area (Å²) in [5.74, 6) is -0.817. The van der Waals surface area contributed by atoms with Gasteiger partial charge in [0.1, 0.15) is 0 Å². The van der Waals surface area contributed by atoms with Crippen LogP contribution < -0.4 is 10.6 Å². The molecule has 1 aliphatic rings. The van der Waals surface area contributed by atoms with Crippen LogP contribution in [0.4, 0.5) is 5.69 Å². The van der Waals surface area contributed by atoms with Crippen LogP contribution in [0.5, 0.6) is 0 Å². The molecule has 2 N–H and O–H groups in total. The third-order valence-corrected chi connectivity index (χ3v) is 7.80. The number of piperazine rings is 1. The first-order valence-corrected chi connectivity index (χ1v) is 12.5. The van der Waals surface area contributed by atoms with Crippen molar-refractivity contribution >= 4 is 33.3 Å². The van der Waals surface area contributed by atoms with E-state index in [4.69, 9.17) is 0 Å². The van der Waals surface area contributed by atoms with Gasteiger partial charge in [0, 0.05) is 37.4 Å². The maximum absolute atomic E-state index is 12.9. The fourth-order valence-corrected chi connectivity index (χ4v) is 5.14. The predicted molar refractivity (Wildman–Crippen MR) is 129 cm³/mol. The quantitative estimate of drug-likeness (QED) is 0.547. The Morgan fingerprint density at radius 1 is 0.941 bits per heavy atom. The lowest BCUT2D eigenvalue weighted by molar-refractivity contribution is -0.125. The minimum absolute atomic E-state index is 0.0739. The minimum atomic E-state index is -3.73. The number of nitrogens with one attached hydrogen (secondary N) is 2. The van der Waals surface area contributed by atoms with Crippen molar-refractivity contribution in [1.29, 1.82) is 0 Å². The Morgan fingerprint density at radius 3 is 2.29 bits per heavy atom. The summed E-state index contributed by atoms with van der Waals surface area (Å²) in [5, 5.41) is 5.41. The van der Waals surface area contributed by atoms with E-state index in [0.29, 0.717) is 24.3 Å². The summed E-state index contributed by atoms with van der Waals surface area (Å²) < 4.78 is 27.2. The van der Waals surface area contributed by atoms with Crippen LogP contribution in [0.3, 0.4) is 0 Å². The van der Waals surface area contributed by atoms with Crippen molar-refractivity contribution in [3.8, 4) is 0 Å². The number of hydrogen-bond donors (Lipinski definition) is 2. The summed E-state index contributed by atoms with van der Waals surface area (Å²) in [6, 6.07) is 11.6. The smallest absolute Gasteiger partial charge is 0.243 e. The molecule has 0 aliphatic carbocycles.